The van der Waals surface area contributed by atoms with Crippen LogP contribution in [0, 0.1) is 0 Å². The van der Waals surface area contributed by atoms with Gasteiger partial charge in [0.05, 0.1) is 18.4 Å². The Morgan fingerprint density at radius 1 is 1.21 bits per heavy atom. The Bertz CT molecular complexity index is 968. The number of amides is 2. The number of ether oxygens (including phenoxy) is 1. The number of sulfonamides is 1. The largest absolute Gasteiger partial charge is 0.491 e. The summed E-state index contributed by atoms with van der Waals surface area (Å²) < 4.78 is 28.2. The van der Waals surface area contributed by atoms with E-state index in [-0.39, 0.29) is 37.6 Å². The molecule has 0 unspecified atom stereocenters. The number of nitrogens with two attached hydrogens (primary N) is 1. The summed E-state index contributed by atoms with van der Waals surface area (Å²) in [5.74, 6) is 0.252. The van der Waals surface area contributed by atoms with Crippen molar-refractivity contribution in [2.75, 3.05) is 37.0 Å². The summed E-state index contributed by atoms with van der Waals surface area (Å²) >= 11 is 5.97. The lowest BCUT2D eigenvalue weighted by Crippen LogP contribution is -2.36. The van der Waals surface area contributed by atoms with Crippen LogP contribution in [0.4, 0.5) is 10.5 Å². The molecule has 1 aliphatic heterocycles. The van der Waals surface area contributed by atoms with Crippen LogP contribution in [0.25, 0.3) is 0 Å². The number of benzene rings is 2. The molecule has 2 aromatic rings. The second-order valence-corrected chi connectivity index (χ2v) is 8.77. The van der Waals surface area contributed by atoms with Gasteiger partial charge >= 0.3 is 6.03 Å². The molecule has 8 nitrogen and oxygen atoms in total. The van der Waals surface area contributed by atoms with Crippen molar-refractivity contribution in [3.63, 3.8) is 0 Å². The molecule has 1 heterocycles. The smallest absolute Gasteiger partial charge is 0.325 e. The van der Waals surface area contributed by atoms with Gasteiger partial charge in [-0.15, -0.1) is 0 Å². The highest BCUT2D eigenvalue weighted by Gasteiger charge is 2.39. The molecule has 0 spiro atoms. The number of rotatable bonds is 8. The third kappa shape index (κ3) is 5.39. The number of anilines is 1. The maximum Gasteiger partial charge on any atom is 0.325 e. The molecule has 3 rings (SSSR count). The summed E-state index contributed by atoms with van der Waals surface area (Å²) in [5, 5.41) is 14.6. The van der Waals surface area contributed by atoms with E-state index < -0.39 is 10.0 Å². The third-order valence-corrected chi connectivity index (χ3v) is 5.54. The quantitative estimate of drug-likeness (QED) is 0.653. The van der Waals surface area contributed by atoms with Crippen LogP contribution in [0.15, 0.2) is 48.5 Å². The SMILES string of the molecule is NS(=O)(=O)CCN1C[C@H](c2cccc(OCCO)c2)N(c2ccc(Cl)cc2)C1=O. The first kappa shape index (κ1) is 21.4. The van der Waals surface area contributed by atoms with Gasteiger partial charge in [-0.05, 0) is 42.0 Å². The molecule has 2 amide bonds. The number of urea groups is 1. The van der Waals surface area contributed by atoms with Gasteiger partial charge in [0.1, 0.15) is 12.4 Å². The molecular formula is C19H22ClN3O5S. The number of carbonyl (C=O) groups is 1. The Labute approximate surface area is 174 Å². The summed E-state index contributed by atoms with van der Waals surface area (Å²) in [6, 6.07) is 13.4. The van der Waals surface area contributed by atoms with Crippen molar-refractivity contribution >= 4 is 33.3 Å². The highest BCUT2D eigenvalue weighted by molar-refractivity contribution is 7.89. The van der Waals surface area contributed by atoms with Crippen molar-refractivity contribution < 1.29 is 23.1 Å². The van der Waals surface area contributed by atoms with E-state index in [0.29, 0.717) is 23.0 Å². The van der Waals surface area contributed by atoms with Crippen molar-refractivity contribution in [2.45, 2.75) is 6.04 Å². The molecule has 0 aromatic heterocycles. The molecule has 2 aromatic carbocycles. The molecule has 10 heteroatoms. The minimum atomic E-state index is -3.70. The van der Waals surface area contributed by atoms with Crippen molar-refractivity contribution in [1.82, 2.24) is 4.90 Å². The van der Waals surface area contributed by atoms with Gasteiger partial charge in [-0.2, -0.15) is 0 Å². The van der Waals surface area contributed by atoms with Gasteiger partial charge in [0.2, 0.25) is 10.0 Å². The van der Waals surface area contributed by atoms with Crippen molar-refractivity contribution in [3.05, 3.63) is 59.1 Å². The van der Waals surface area contributed by atoms with Gasteiger partial charge in [0.15, 0.2) is 0 Å². The Hall–Kier alpha value is -2.33. The number of aliphatic hydroxyl groups is 1. The minimum absolute atomic E-state index is 0.00103. The molecule has 1 saturated heterocycles. The first-order chi connectivity index (χ1) is 13.8. The lowest BCUT2D eigenvalue weighted by molar-refractivity contribution is 0.201. The van der Waals surface area contributed by atoms with Gasteiger partial charge < -0.3 is 14.7 Å². The fourth-order valence-electron chi connectivity index (χ4n) is 3.20. The molecule has 156 valence electrons. The van der Waals surface area contributed by atoms with Crippen LogP contribution in [0.2, 0.25) is 5.02 Å². The zero-order valence-electron chi connectivity index (χ0n) is 15.6. The van der Waals surface area contributed by atoms with Crippen LogP contribution in [0.1, 0.15) is 11.6 Å². The predicted octanol–water partition coefficient (Wildman–Crippen LogP) is 1.98. The Morgan fingerprint density at radius 2 is 1.93 bits per heavy atom. The monoisotopic (exact) mass is 439 g/mol. The maximum atomic E-state index is 13.1. The first-order valence-corrected chi connectivity index (χ1v) is 11.1. The van der Waals surface area contributed by atoms with Crippen molar-refractivity contribution in [1.29, 1.82) is 0 Å². The number of halogens is 1. The Kier molecular flexibility index (Phi) is 6.63. The van der Waals surface area contributed by atoms with Crippen LogP contribution in [0.5, 0.6) is 5.75 Å². The molecule has 1 atom stereocenters. The topological polar surface area (TPSA) is 113 Å². The van der Waals surface area contributed by atoms with Crippen molar-refractivity contribution in [3.8, 4) is 5.75 Å². The number of hydrogen-bond acceptors (Lipinski definition) is 5. The predicted molar refractivity (Wildman–Crippen MR) is 111 cm³/mol. The van der Waals surface area contributed by atoms with Gasteiger partial charge in [-0.3, -0.25) is 4.90 Å². The van der Waals surface area contributed by atoms with E-state index in [1.807, 2.05) is 6.07 Å². The van der Waals surface area contributed by atoms with E-state index in [0.717, 1.165) is 5.56 Å². The summed E-state index contributed by atoms with van der Waals surface area (Å²) in [6.07, 6.45) is 0. The number of carbonyl (C=O) groups excluding carboxylic acids is 1. The molecular weight excluding hydrogens is 418 g/mol. The lowest BCUT2D eigenvalue weighted by atomic mass is 10.1. The first-order valence-electron chi connectivity index (χ1n) is 8.96. The standard InChI is InChI=1S/C19H22ClN3O5S/c20-15-4-6-16(7-5-15)23-18(13-22(19(23)25)8-11-29(21,26)27)14-2-1-3-17(12-14)28-10-9-24/h1-7,12,18,24H,8-11,13H2,(H2,21,26,27)/t18-/m1/s1. The van der Waals surface area contributed by atoms with Crippen LogP contribution < -0.4 is 14.8 Å². The maximum absolute atomic E-state index is 13.1. The van der Waals surface area contributed by atoms with Gasteiger partial charge in [0.25, 0.3) is 0 Å². The van der Waals surface area contributed by atoms with Crippen LogP contribution >= 0.6 is 11.6 Å². The van der Waals surface area contributed by atoms with E-state index in [1.54, 1.807) is 47.4 Å². The highest BCUT2D eigenvalue weighted by atomic mass is 35.5. The summed E-state index contributed by atoms with van der Waals surface area (Å²) in [6.45, 7) is 0.345. The van der Waals surface area contributed by atoms with Crippen LogP contribution in [-0.2, 0) is 10.0 Å². The lowest BCUT2D eigenvalue weighted by Gasteiger charge is -2.24. The normalized spacial score (nSPS) is 17.1. The number of primary sulfonamides is 1. The van der Waals surface area contributed by atoms with E-state index >= 15 is 0 Å². The van der Waals surface area contributed by atoms with E-state index in [4.69, 9.17) is 26.6 Å². The third-order valence-electron chi connectivity index (χ3n) is 4.54. The average molecular weight is 440 g/mol. The second kappa shape index (κ2) is 9.00. The van der Waals surface area contributed by atoms with Crippen LogP contribution in [-0.4, -0.2) is 56.5 Å². The molecule has 29 heavy (non-hydrogen) atoms. The van der Waals surface area contributed by atoms with Crippen molar-refractivity contribution in [2.24, 2.45) is 5.14 Å². The number of hydrogen-bond donors (Lipinski definition) is 2. The molecule has 1 aliphatic rings. The average Bonchev–Trinajstić information content (AvgIpc) is 3.01. The molecule has 0 aliphatic carbocycles. The molecule has 1 fully saturated rings. The Balaban J connectivity index is 1.93. The fourth-order valence-corrected chi connectivity index (χ4v) is 3.80. The van der Waals surface area contributed by atoms with E-state index in [9.17, 15) is 13.2 Å². The van der Waals surface area contributed by atoms with E-state index in [2.05, 4.69) is 0 Å². The molecule has 0 radical (unpaired) electrons. The molecule has 0 bridgehead atoms. The summed E-state index contributed by atoms with van der Waals surface area (Å²) in [7, 11) is -3.70. The van der Waals surface area contributed by atoms with Gasteiger partial charge in [-0.25, -0.2) is 18.4 Å². The number of aliphatic hydroxyl groups excluding tert-OH is 1. The van der Waals surface area contributed by atoms with Gasteiger partial charge in [-0.1, -0.05) is 23.7 Å². The second-order valence-electron chi connectivity index (χ2n) is 6.60. The zero-order chi connectivity index (χ0) is 21.0. The summed E-state index contributed by atoms with van der Waals surface area (Å²) in [4.78, 5) is 16.1. The minimum Gasteiger partial charge on any atom is -0.491 e. The van der Waals surface area contributed by atoms with Crippen LogP contribution in [0.3, 0.4) is 0 Å². The zero-order valence-corrected chi connectivity index (χ0v) is 17.1. The van der Waals surface area contributed by atoms with Gasteiger partial charge in [0, 0.05) is 23.8 Å². The fraction of sp³-hybridized carbons (Fsp3) is 0.316. The van der Waals surface area contributed by atoms with E-state index in [1.165, 1.54) is 4.90 Å². The molecule has 3 N–H and O–H groups in total. The Morgan fingerprint density at radius 3 is 2.59 bits per heavy atom. The summed E-state index contributed by atoms with van der Waals surface area (Å²) in [5.41, 5.74) is 1.46. The molecule has 0 saturated carbocycles. The number of nitrogens with zero attached hydrogens (tertiary/aromatic N) is 2. The highest BCUT2D eigenvalue weighted by Crippen LogP contribution is 2.36.